The van der Waals surface area contributed by atoms with Crippen molar-refractivity contribution in [3.05, 3.63) is 47.3 Å². The van der Waals surface area contributed by atoms with Gasteiger partial charge in [-0.15, -0.1) is 0 Å². The van der Waals surface area contributed by atoms with Crippen molar-refractivity contribution in [1.29, 1.82) is 0 Å². The molecule has 2 amide bonds. The van der Waals surface area contributed by atoms with Crippen LogP contribution >= 0.6 is 0 Å². The van der Waals surface area contributed by atoms with Crippen molar-refractivity contribution in [2.75, 3.05) is 31.1 Å². The molecule has 2 saturated heterocycles. The molecular weight excluding hydrogens is 468 g/mol. The fourth-order valence-corrected chi connectivity index (χ4v) is 4.96. The van der Waals surface area contributed by atoms with Crippen LogP contribution < -0.4 is 15.4 Å². The van der Waals surface area contributed by atoms with Gasteiger partial charge in [0.25, 0.3) is 5.91 Å². The maximum Gasteiger partial charge on any atom is 0.260 e. The highest BCUT2D eigenvalue weighted by molar-refractivity contribution is 5.98. The van der Waals surface area contributed by atoms with Crippen molar-refractivity contribution >= 4 is 17.8 Å². The Labute approximate surface area is 209 Å². The second kappa shape index (κ2) is 11.6. The summed E-state index contributed by atoms with van der Waals surface area (Å²) in [5.74, 6) is -2.20. The van der Waals surface area contributed by atoms with E-state index in [0.717, 1.165) is 73.7 Å². The maximum absolute atomic E-state index is 14.7. The molecule has 8 nitrogen and oxygen atoms in total. The van der Waals surface area contributed by atoms with Crippen LogP contribution in [0.15, 0.2) is 24.5 Å². The first kappa shape index (κ1) is 25.8. The lowest BCUT2D eigenvalue weighted by atomic mass is 9.92. The molecule has 2 N–H and O–H groups in total. The highest BCUT2D eigenvalue weighted by Crippen LogP contribution is 2.27. The number of benzene rings is 1. The highest BCUT2D eigenvalue weighted by atomic mass is 19.1. The van der Waals surface area contributed by atoms with Crippen LogP contribution in [0, 0.1) is 17.6 Å². The number of piperidine rings is 1. The Morgan fingerprint density at radius 3 is 2.36 bits per heavy atom. The van der Waals surface area contributed by atoms with Crippen molar-refractivity contribution in [1.82, 2.24) is 14.9 Å². The molecule has 36 heavy (non-hydrogen) atoms. The number of halogens is 2. The molecule has 2 aliphatic heterocycles. The Morgan fingerprint density at radius 1 is 1.08 bits per heavy atom. The molecule has 1 atom stereocenters. The summed E-state index contributed by atoms with van der Waals surface area (Å²) in [4.78, 5) is 36.5. The van der Waals surface area contributed by atoms with Gasteiger partial charge in [-0.05, 0) is 56.4 Å². The maximum atomic E-state index is 14.7. The van der Waals surface area contributed by atoms with Crippen LogP contribution in [0.5, 0.6) is 5.75 Å². The van der Waals surface area contributed by atoms with Crippen LogP contribution in [-0.4, -0.2) is 59.0 Å². The van der Waals surface area contributed by atoms with Crippen LogP contribution in [-0.2, 0) is 11.2 Å². The highest BCUT2D eigenvalue weighted by Gasteiger charge is 2.35. The molecule has 1 aromatic heterocycles. The average molecular weight is 502 g/mol. The number of primary amides is 1. The topological polar surface area (TPSA) is 102 Å². The van der Waals surface area contributed by atoms with Crippen LogP contribution in [0.1, 0.15) is 61.4 Å². The van der Waals surface area contributed by atoms with Gasteiger partial charge in [0.15, 0.2) is 0 Å². The molecule has 10 heteroatoms. The molecule has 0 aliphatic carbocycles. The molecule has 1 aromatic carbocycles. The average Bonchev–Trinajstić information content (AvgIpc) is 3.37. The number of likely N-dealkylation sites (tertiary alicyclic amines) is 1. The Hall–Kier alpha value is -3.30. The van der Waals surface area contributed by atoms with E-state index in [9.17, 15) is 18.4 Å². The molecule has 194 valence electrons. The Bertz CT molecular complexity index is 1050. The zero-order valence-electron chi connectivity index (χ0n) is 20.6. The monoisotopic (exact) mass is 501 g/mol. The van der Waals surface area contributed by atoms with Crippen LogP contribution in [0.2, 0.25) is 0 Å². The molecular formula is C26H33F2N5O3. The van der Waals surface area contributed by atoms with Crippen molar-refractivity contribution in [2.45, 2.75) is 57.9 Å². The van der Waals surface area contributed by atoms with Gasteiger partial charge >= 0.3 is 0 Å². The van der Waals surface area contributed by atoms with Crippen molar-refractivity contribution in [2.24, 2.45) is 11.7 Å². The minimum atomic E-state index is -1.01. The molecule has 2 aromatic rings. The van der Waals surface area contributed by atoms with Crippen molar-refractivity contribution in [3.63, 3.8) is 0 Å². The predicted molar refractivity (Wildman–Crippen MR) is 131 cm³/mol. The number of hydrogen-bond acceptors (Lipinski definition) is 6. The van der Waals surface area contributed by atoms with Gasteiger partial charge in [0.1, 0.15) is 29.0 Å². The number of anilines is 1. The lowest BCUT2D eigenvalue weighted by molar-refractivity contribution is -0.121. The summed E-state index contributed by atoms with van der Waals surface area (Å²) in [5.41, 5.74) is 5.76. The SMILES string of the molecule is CCc1cnc(N2CCC(CCCOc3cc(F)c(C(=O)N4CCC[C@H]4C(N)=O)c(F)c3)CC2)nc1. The number of ether oxygens (including phenoxy) is 1. The minimum Gasteiger partial charge on any atom is -0.493 e. The fourth-order valence-electron chi connectivity index (χ4n) is 4.96. The van der Waals surface area contributed by atoms with Gasteiger partial charge in [0.05, 0.1) is 6.61 Å². The summed E-state index contributed by atoms with van der Waals surface area (Å²) in [6.45, 7) is 4.44. The Balaban J connectivity index is 1.23. The van der Waals surface area contributed by atoms with E-state index in [2.05, 4.69) is 21.8 Å². The van der Waals surface area contributed by atoms with Gasteiger partial charge < -0.3 is 20.3 Å². The predicted octanol–water partition coefficient (Wildman–Crippen LogP) is 3.48. The normalized spacial score (nSPS) is 18.5. The number of aryl methyl sites for hydroxylation is 1. The third-order valence-corrected chi connectivity index (χ3v) is 7.09. The van der Waals surface area contributed by atoms with Gasteiger partial charge in [-0.2, -0.15) is 0 Å². The molecule has 3 heterocycles. The number of amides is 2. The summed E-state index contributed by atoms with van der Waals surface area (Å²) >= 11 is 0. The molecule has 2 aliphatic rings. The summed E-state index contributed by atoms with van der Waals surface area (Å²) < 4.78 is 34.9. The van der Waals surface area contributed by atoms with E-state index in [1.807, 2.05) is 12.4 Å². The van der Waals surface area contributed by atoms with Crippen LogP contribution in [0.3, 0.4) is 0 Å². The summed E-state index contributed by atoms with van der Waals surface area (Å²) in [6.07, 6.45) is 9.39. The molecule has 2 fully saturated rings. The molecule has 0 bridgehead atoms. The molecule has 0 spiro atoms. The van der Waals surface area contributed by atoms with Crippen molar-refractivity contribution in [3.8, 4) is 5.75 Å². The first-order chi connectivity index (χ1) is 17.4. The molecule has 0 saturated carbocycles. The fraction of sp³-hybridized carbons (Fsp3) is 0.538. The summed E-state index contributed by atoms with van der Waals surface area (Å²) in [7, 11) is 0. The lowest BCUT2D eigenvalue weighted by Gasteiger charge is -2.32. The van der Waals surface area contributed by atoms with Gasteiger partial charge in [-0.25, -0.2) is 18.7 Å². The number of rotatable bonds is 9. The number of carbonyl (C=O) groups is 2. The van der Waals surface area contributed by atoms with Crippen LogP contribution in [0.25, 0.3) is 0 Å². The van der Waals surface area contributed by atoms with E-state index in [0.29, 0.717) is 25.4 Å². The lowest BCUT2D eigenvalue weighted by Crippen LogP contribution is -2.44. The number of nitrogens with two attached hydrogens (primary N) is 1. The third-order valence-electron chi connectivity index (χ3n) is 7.09. The van der Waals surface area contributed by atoms with Crippen LogP contribution in [0.4, 0.5) is 14.7 Å². The Kier molecular flexibility index (Phi) is 8.32. The second-order valence-electron chi connectivity index (χ2n) is 9.49. The van der Waals surface area contributed by atoms with Crippen molar-refractivity contribution < 1.29 is 23.1 Å². The zero-order chi connectivity index (χ0) is 25.7. The Morgan fingerprint density at radius 2 is 1.75 bits per heavy atom. The molecule has 4 rings (SSSR count). The summed E-state index contributed by atoms with van der Waals surface area (Å²) in [5, 5.41) is 0. The van der Waals surface area contributed by atoms with E-state index in [1.165, 1.54) is 0 Å². The largest absolute Gasteiger partial charge is 0.493 e. The number of aromatic nitrogens is 2. The first-order valence-electron chi connectivity index (χ1n) is 12.6. The molecule has 0 radical (unpaired) electrons. The van der Waals surface area contributed by atoms with Gasteiger partial charge in [-0.3, -0.25) is 9.59 Å². The number of nitrogens with zero attached hydrogens (tertiary/aromatic N) is 4. The number of carbonyl (C=O) groups excluding carboxylic acids is 2. The van der Waals surface area contributed by atoms with E-state index < -0.39 is 35.1 Å². The summed E-state index contributed by atoms with van der Waals surface area (Å²) in [6, 6.07) is 1.20. The second-order valence-corrected chi connectivity index (χ2v) is 9.49. The van der Waals surface area contributed by atoms with E-state index >= 15 is 0 Å². The van der Waals surface area contributed by atoms with E-state index in [1.54, 1.807) is 0 Å². The van der Waals surface area contributed by atoms with E-state index in [4.69, 9.17) is 10.5 Å². The van der Waals surface area contributed by atoms with Gasteiger partial charge in [0, 0.05) is 44.2 Å². The third kappa shape index (κ3) is 5.91. The smallest absolute Gasteiger partial charge is 0.260 e. The minimum absolute atomic E-state index is 0.0388. The molecule has 0 unspecified atom stereocenters. The quantitative estimate of drug-likeness (QED) is 0.528. The van der Waals surface area contributed by atoms with Gasteiger partial charge in [0.2, 0.25) is 11.9 Å². The number of hydrogen-bond donors (Lipinski definition) is 1. The zero-order valence-corrected chi connectivity index (χ0v) is 20.6. The standard InChI is InChI=1S/C26H33F2N5O3/c1-2-17-15-30-26(31-16-17)32-10-7-18(8-11-32)5-4-12-36-19-13-20(27)23(21(28)14-19)25(35)33-9-3-6-22(33)24(29)34/h13-16,18,22H,2-12H2,1H3,(H2,29,34)/t22-/m0/s1. The van der Waals surface area contributed by atoms with E-state index in [-0.39, 0.29) is 12.3 Å². The van der Waals surface area contributed by atoms with Gasteiger partial charge in [-0.1, -0.05) is 6.92 Å². The first-order valence-corrected chi connectivity index (χ1v) is 12.6.